The minimum Gasteiger partial charge on any atom is -0.357 e. The number of anilines is 1. The summed E-state index contributed by atoms with van der Waals surface area (Å²) in [6.45, 7) is 1.91. The Morgan fingerprint density at radius 2 is 2.03 bits per heavy atom. The van der Waals surface area contributed by atoms with Crippen molar-refractivity contribution in [3.05, 3.63) is 36.5 Å². The van der Waals surface area contributed by atoms with E-state index in [1.807, 2.05) is 24.4 Å². The number of carbonyl (C=O) groups is 1. The fourth-order valence-corrected chi connectivity index (χ4v) is 4.38. The van der Waals surface area contributed by atoms with Crippen LogP contribution in [0, 0.1) is 11.3 Å². The first kappa shape index (κ1) is 19.6. The molecule has 152 valence electrons. The third-order valence-corrected chi connectivity index (χ3v) is 6.16. The number of fused-ring (bicyclic) bond motifs is 1. The molecule has 1 amide bonds. The average Bonchev–Trinajstić information content (AvgIpc) is 3.14. The van der Waals surface area contributed by atoms with E-state index in [1.165, 1.54) is 10.3 Å². The molecular formula is C22H26FN5O. The Balaban J connectivity index is 1.33. The number of amides is 1. The quantitative estimate of drug-likeness (QED) is 0.796. The Labute approximate surface area is 170 Å². The van der Waals surface area contributed by atoms with Gasteiger partial charge in [-0.1, -0.05) is 24.3 Å². The van der Waals surface area contributed by atoms with Crippen molar-refractivity contribution < 1.29 is 9.18 Å². The molecule has 0 spiro atoms. The van der Waals surface area contributed by atoms with Crippen LogP contribution < -0.4 is 4.90 Å². The number of alkyl halides is 1. The first-order chi connectivity index (χ1) is 14.0. The second-order valence-corrected chi connectivity index (χ2v) is 8.03. The summed E-state index contributed by atoms with van der Waals surface area (Å²) >= 11 is 0. The van der Waals surface area contributed by atoms with Crippen LogP contribution in [0.5, 0.6) is 0 Å². The number of rotatable bonds is 4. The van der Waals surface area contributed by atoms with E-state index in [1.54, 1.807) is 0 Å². The first-order valence-corrected chi connectivity index (χ1v) is 10.2. The van der Waals surface area contributed by atoms with Crippen molar-refractivity contribution in [2.24, 2.45) is 0 Å². The standard InChI is InChI=1S/C22H26FN5O/c1-26(21-10-16-4-2-3-5-17(16)13-25-21)19-6-8-27(9-7-19)15-22(29)28-14-18(23)11-20(28)12-24/h2-5,10,13,18-20H,6-9,11,14-15H2,1H3/t18-,20?/m0/s1. The van der Waals surface area contributed by atoms with Gasteiger partial charge in [-0.15, -0.1) is 0 Å². The van der Waals surface area contributed by atoms with E-state index in [4.69, 9.17) is 5.26 Å². The lowest BCUT2D eigenvalue weighted by atomic mass is 10.0. The second kappa shape index (κ2) is 8.34. The van der Waals surface area contributed by atoms with Crippen molar-refractivity contribution in [2.45, 2.75) is 37.5 Å². The zero-order chi connectivity index (χ0) is 20.4. The highest BCUT2D eigenvalue weighted by atomic mass is 19.1. The summed E-state index contributed by atoms with van der Waals surface area (Å²) in [5.41, 5.74) is 0. The zero-order valence-corrected chi connectivity index (χ0v) is 16.7. The molecule has 7 heteroatoms. The average molecular weight is 395 g/mol. The molecule has 2 aliphatic heterocycles. The van der Waals surface area contributed by atoms with E-state index in [2.05, 4.69) is 40.0 Å². The van der Waals surface area contributed by atoms with E-state index in [-0.39, 0.29) is 25.4 Å². The Hall–Kier alpha value is -2.72. The summed E-state index contributed by atoms with van der Waals surface area (Å²) in [6, 6.07) is 12.1. The lowest BCUT2D eigenvalue weighted by molar-refractivity contribution is -0.132. The molecular weight excluding hydrogens is 369 g/mol. The van der Waals surface area contributed by atoms with Gasteiger partial charge in [0.15, 0.2) is 0 Å². The number of hydrogen-bond donors (Lipinski definition) is 0. The predicted octanol–water partition coefficient (Wildman–Crippen LogP) is 2.60. The van der Waals surface area contributed by atoms with Gasteiger partial charge in [0.05, 0.1) is 19.2 Å². The number of likely N-dealkylation sites (tertiary alicyclic amines) is 2. The Kier molecular flexibility index (Phi) is 5.63. The van der Waals surface area contributed by atoms with Crippen molar-refractivity contribution in [3.63, 3.8) is 0 Å². The molecule has 0 saturated carbocycles. The molecule has 2 aliphatic rings. The van der Waals surface area contributed by atoms with Gasteiger partial charge in [-0.2, -0.15) is 5.26 Å². The number of halogens is 1. The number of carbonyl (C=O) groups excluding carboxylic acids is 1. The van der Waals surface area contributed by atoms with Crippen LogP contribution in [0.2, 0.25) is 0 Å². The number of pyridine rings is 1. The lowest BCUT2D eigenvalue weighted by Crippen LogP contribution is -2.48. The van der Waals surface area contributed by atoms with Gasteiger partial charge in [0.25, 0.3) is 0 Å². The van der Waals surface area contributed by atoms with Gasteiger partial charge >= 0.3 is 0 Å². The highest BCUT2D eigenvalue weighted by Gasteiger charge is 2.36. The molecule has 1 unspecified atom stereocenters. The van der Waals surface area contributed by atoms with Crippen molar-refractivity contribution >= 4 is 22.5 Å². The van der Waals surface area contributed by atoms with Crippen LogP contribution in [0.25, 0.3) is 10.8 Å². The van der Waals surface area contributed by atoms with Crippen LogP contribution in [-0.4, -0.2) is 72.2 Å². The fraction of sp³-hybridized carbons (Fsp3) is 0.500. The first-order valence-electron chi connectivity index (χ1n) is 10.2. The van der Waals surface area contributed by atoms with Crippen LogP contribution in [-0.2, 0) is 4.79 Å². The monoisotopic (exact) mass is 395 g/mol. The summed E-state index contributed by atoms with van der Waals surface area (Å²) in [4.78, 5) is 22.9. The Morgan fingerprint density at radius 3 is 2.76 bits per heavy atom. The SMILES string of the molecule is CN(c1cc2ccccc2cn1)C1CCN(CC(=O)N2C[C@@H](F)CC2C#N)CC1. The lowest BCUT2D eigenvalue weighted by Gasteiger charge is -2.37. The molecule has 0 bridgehead atoms. The third kappa shape index (κ3) is 4.18. The van der Waals surface area contributed by atoms with Crippen LogP contribution in [0.1, 0.15) is 19.3 Å². The molecule has 2 atom stereocenters. The Bertz CT molecular complexity index is 921. The maximum Gasteiger partial charge on any atom is 0.237 e. The summed E-state index contributed by atoms with van der Waals surface area (Å²) in [6.07, 6.45) is 2.83. The second-order valence-electron chi connectivity index (χ2n) is 8.03. The number of nitrogens with zero attached hydrogens (tertiary/aromatic N) is 5. The van der Waals surface area contributed by atoms with Crippen LogP contribution in [0.4, 0.5) is 10.2 Å². The molecule has 2 aromatic rings. The highest BCUT2D eigenvalue weighted by molar-refractivity contribution is 5.84. The van der Waals surface area contributed by atoms with Crippen molar-refractivity contribution in [1.29, 1.82) is 5.26 Å². The van der Waals surface area contributed by atoms with Crippen molar-refractivity contribution in [1.82, 2.24) is 14.8 Å². The summed E-state index contributed by atoms with van der Waals surface area (Å²) in [5, 5.41) is 11.5. The molecule has 1 aromatic carbocycles. The van der Waals surface area contributed by atoms with Gasteiger partial charge in [-0.05, 0) is 24.3 Å². The number of aromatic nitrogens is 1. The van der Waals surface area contributed by atoms with Gasteiger partial charge in [0.2, 0.25) is 5.91 Å². The maximum atomic E-state index is 13.6. The van der Waals surface area contributed by atoms with E-state index in [0.717, 1.165) is 37.1 Å². The number of piperidine rings is 1. The van der Waals surface area contributed by atoms with Gasteiger partial charge in [0.1, 0.15) is 18.0 Å². The van der Waals surface area contributed by atoms with Crippen LogP contribution in [0.3, 0.4) is 0 Å². The summed E-state index contributed by atoms with van der Waals surface area (Å²) < 4.78 is 13.6. The van der Waals surface area contributed by atoms with Crippen LogP contribution >= 0.6 is 0 Å². The molecule has 0 N–H and O–H groups in total. The third-order valence-electron chi connectivity index (χ3n) is 6.16. The van der Waals surface area contributed by atoms with E-state index in [9.17, 15) is 9.18 Å². The Morgan fingerprint density at radius 1 is 1.31 bits per heavy atom. The van der Waals surface area contributed by atoms with Crippen LogP contribution in [0.15, 0.2) is 36.5 Å². The largest absolute Gasteiger partial charge is 0.357 e. The molecule has 0 aliphatic carbocycles. The van der Waals surface area contributed by atoms with Gasteiger partial charge < -0.3 is 9.80 Å². The van der Waals surface area contributed by atoms with E-state index < -0.39 is 12.2 Å². The molecule has 3 heterocycles. The molecule has 6 nitrogen and oxygen atoms in total. The fourth-order valence-electron chi connectivity index (χ4n) is 4.38. The van der Waals surface area contributed by atoms with Crippen molar-refractivity contribution in [3.8, 4) is 6.07 Å². The molecule has 29 heavy (non-hydrogen) atoms. The number of benzene rings is 1. The number of hydrogen-bond acceptors (Lipinski definition) is 5. The number of nitriles is 1. The van der Waals surface area contributed by atoms with Gasteiger partial charge in [-0.25, -0.2) is 9.37 Å². The molecule has 0 radical (unpaired) electrons. The van der Waals surface area contributed by atoms with Gasteiger partial charge in [-0.3, -0.25) is 9.69 Å². The van der Waals surface area contributed by atoms with E-state index >= 15 is 0 Å². The summed E-state index contributed by atoms with van der Waals surface area (Å²) in [5.74, 6) is 0.820. The normalized spacial score (nSPS) is 23.3. The zero-order valence-electron chi connectivity index (χ0n) is 16.7. The topological polar surface area (TPSA) is 63.5 Å². The van der Waals surface area contributed by atoms with E-state index in [0.29, 0.717) is 6.04 Å². The predicted molar refractivity (Wildman–Crippen MR) is 110 cm³/mol. The molecule has 2 fully saturated rings. The summed E-state index contributed by atoms with van der Waals surface area (Å²) in [7, 11) is 2.08. The highest BCUT2D eigenvalue weighted by Crippen LogP contribution is 2.25. The smallest absolute Gasteiger partial charge is 0.237 e. The molecule has 1 aromatic heterocycles. The molecule has 2 saturated heterocycles. The minimum absolute atomic E-state index is 0.0455. The maximum absolute atomic E-state index is 13.6. The van der Waals surface area contributed by atoms with Gasteiger partial charge in [0, 0.05) is 44.2 Å². The molecule has 4 rings (SSSR count). The van der Waals surface area contributed by atoms with Crippen molar-refractivity contribution in [2.75, 3.05) is 38.1 Å². The minimum atomic E-state index is -1.09.